The molecule has 0 radical (unpaired) electrons. The molecule has 0 bridgehead atoms. The molecule has 3 aromatic carbocycles. The summed E-state index contributed by atoms with van der Waals surface area (Å²) in [7, 11) is 0. The highest BCUT2D eigenvalue weighted by molar-refractivity contribution is 7.13. The van der Waals surface area contributed by atoms with E-state index in [9.17, 15) is 19.8 Å². The number of aryl methyl sites for hydroxylation is 1. The molecule has 7 rings (SSSR count). The minimum atomic E-state index is -0.897. The number of phenols is 1. The van der Waals surface area contributed by atoms with Crippen LogP contribution in [0.1, 0.15) is 43.2 Å². The molecule has 4 heterocycles. The Morgan fingerprint density at radius 1 is 1.04 bits per heavy atom. The van der Waals surface area contributed by atoms with E-state index in [1.807, 2.05) is 81.4 Å². The summed E-state index contributed by atoms with van der Waals surface area (Å²) in [5.74, 6) is -1.06. The van der Waals surface area contributed by atoms with E-state index >= 15 is 0 Å². The maximum absolute atomic E-state index is 14.1. The Bertz CT molecular complexity index is 2360. The highest BCUT2D eigenvalue weighted by Crippen LogP contribution is 2.34. The minimum absolute atomic E-state index is 0.0123. The molecule has 3 aromatic heterocycles. The number of amides is 2. The predicted octanol–water partition coefficient (Wildman–Crippen LogP) is 6.92. The number of likely N-dealkylation sites (tertiary alicyclic amines) is 1. The zero-order valence-electron chi connectivity index (χ0n) is 31.8. The van der Waals surface area contributed by atoms with Gasteiger partial charge >= 0.3 is 0 Å². The summed E-state index contributed by atoms with van der Waals surface area (Å²) in [5.41, 5.74) is 8.79. The van der Waals surface area contributed by atoms with Crippen molar-refractivity contribution in [2.24, 2.45) is 5.92 Å². The number of para-hydroxylation sites is 1. The number of hydrogen-bond donors (Lipinski definition) is 4. The third kappa shape index (κ3) is 8.87. The second kappa shape index (κ2) is 17.2. The molecule has 2 amide bonds. The van der Waals surface area contributed by atoms with Gasteiger partial charge in [0.05, 0.1) is 34.1 Å². The maximum Gasteiger partial charge on any atom is 0.254 e. The van der Waals surface area contributed by atoms with E-state index in [1.54, 1.807) is 47.3 Å². The molecule has 14 heteroatoms. The van der Waals surface area contributed by atoms with Crippen LogP contribution < -0.4 is 15.4 Å². The number of ether oxygens (including phenoxy) is 1. The number of nitrogens with one attached hydrogen (secondary N) is 2. The van der Waals surface area contributed by atoms with Crippen molar-refractivity contribution >= 4 is 34.5 Å². The third-order valence-corrected chi connectivity index (χ3v) is 10.8. The zero-order valence-corrected chi connectivity index (χ0v) is 32.6. The third-order valence-electron chi connectivity index (χ3n) is 9.86. The summed E-state index contributed by atoms with van der Waals surface area (Å²) in [6, 6.07) is 25.1. The van der Waals surface area contributed by atoms with Gasteiger partial charge in [-0.2, -0.15) is 10.2 Å². The van der Waals surface area contributed by atoms with Crippen molar-refractivity contribution in [1.82, 2.24) is 30.6 Å². The van der Waals surface area contributed by atoms with Gasteiger partial charge in [-0.25, -0.2) is 4.98 Å². The van der Waals surface area contributed by atoms with Gasteiger partial charge in [0.15, 0.2) is 5.76 Å². The Hall–Kier alpha value is -6.38. The second-order valence-corrected chi connectivity index (χ2v) is 15.1. The van der Waals surface area contributed by atoms with Crippen LogP contribution in [0.25, 0.3) is 38.5 Å². The Balaban J connectivity index is 0.925. The monoisotopic (exact) mass is 785 g/mol. The number of rotatable bonds is 14. The topological polar surface area (TPSA) is 176 Å². The van der Waals surface area contributed by atoms with E-state index in [0.29, 0.717) is 29.3 Å². The Morgan fingerprint density at radius 3 is 2.51 bits per heavy atom. The quantitative estimate of drug-likeness (QED) is 0.0844. The molecule has 0 spiro atoms. The zero-order chi connectivity index (χ0) is 40.1. The molecule has 292 valence electrons. The van der Waals surface area contributed by atoms with Crippen molar-refractivity contribution in [2.45, 2.75) is 45.3 Å². The lowest BCUT2D eigenvalue weighted by molar-refractivity contribution is -0.140. The van der Waals surface area contributed by atoms with E-state index in [1.165, 1.54) is 4.90 Å². The van der Waals surface area contributed by atoms with Crippen LogP contribution in [-0.4, -0.2) is 79.1 Å². The van der Waals surface area contributed by atoms with Crippen molar-refractivity contribution < 1.29 is 29.1 Å². The van der Waals surface area contributed by atoms with Crippen molar-refractivity contribution in [3.63, 3.8) is 0 Å². The van der Waals surface area contributed by atoms with Crippen LogP contribution in [-0.2, 0) is 9.59 Å². The van der Waals surface area contributed by atoms with Gasteiger partial charge in [-0.05, 0) is 65.0 Å². The SMILES string of the molecule is C=C(NC(=O)[C@@H]1C[C@@H](O)CN1C(=O)C(c1cc(OCCNc2ccc(-c3cnnc(-c4ccccc4O)c3)cc2)no1)C(C)C)c1ccc(-c2scnc2C)cc1. The molecular weight excluding hydrogens is 743 g/mol. The molecule has 6 aromatic rings. The molecular formula is C43H43N7O6S. The van der Waals surface area contributed by atoms with Gasteiger partial charge in [-0.15, -0.1) is 11.3 Å². The van der Waals surface area contributed by atoms with Crippen LogP contribution in [0.5, 0.6) is 11.6 Å². The van der Waals surface area contributed by atoms with E-state index in [2.05, 4.69) is 37.6 Å². The molecule has 1 unspecified atom stereocenters. The molecule has 4 N–H and O–H groups in total. The fraction of sp³-hybridized carbons (Fsp3) is 0.256. The van der Waals surface area contributed by atoms with E-state index in [-0.39, 0.29) is 43.0 Å². The van der Waals surface area contributed by atoms with Crippen LogP contribution >= 0.6 is 11.3 Å². The number of aromatic nitrogens is 4. The summed E-state index contributed by atoms with van der Waals surface area (Å²) >= 11 is 1.56. The maximum atomic E-state index is 14.1. The van der Waals surface area contributed by atoms with E-state index in [0.717, 1.165) is 38.5 Å². The standard InChI is InChI=1S/C43H43N7O6S/c1-25(2)40(43(54)50-23-33(51)20-36(50)42(53)47-26(3)28-9-11-30(12-10-28)41-27(4)45-24-57-41)38-21-39(49-56-38)55-18-17-44-32-15-13-29(14-16-32)31-19-35(48-46-22-31)34-7-5-6-8-37(34)52/h5-16,19,21-22,24-25,33,36,40,44,51-52H,3,17-18,20,23H2,1-2,4H3,(H,47,53)/t33-,36+,40?/m1/s1. The number of thiazole rings is 1. The molecule has 13 nitrogen and oxygen atoms in total. The summed E-state index contributed by atoms with van der Waals surface area (Å²) in [6.07, 6.45) is 0.916. The molecule has 1 aliphatic heterocycles. The first-order valence-electron chi connectivity index (χ1n) is 18.6. The van der Waals surface area contributed by atoms with E-state index < -0.39 is 24.0 Å². The minimum Gasteiger partial charge on any atom is -0.507 e. The normalized spacial score (nSPS) is 15.7. The number of nitrogens with zero attached hydrogens (tertiary/aromatic N) is 5. The Morgan fingerprint density at radius 2 is 1.79 bits per heavy atom. The first kappa shape index (κ1) is 38.9. The number of β-amino-alcohol motifs (C(OH)–C–C–N with tert-alkyl or cyclic N) is 1. The first-order chi connectivity index (χ1) is 27.5. The smallest absolute Gasteiger partial charge is 0.254 e. The summed E-state index contributed by atoms with van der Waals surface area (Å²) < 4.78 is 11.5. The van der Waals surface area contributed by atoms with Gasteiger partial charge in [0.1, 0.15) is 24.3 Å². The lowest BCUT2D eigenvalue weighted by Crippen LogP contribution is -2.47. The van der Waals surface area contributed by atoms with Crippen molar-refractivity contribution in [3.05, 3.63) is 120 Å². The number of phenolic OH excluding ortho intramolecular Hbond substituents is 1. The summed E-state index contributed by atoms with van der Waals surface area (Å²) in [4.78, 5) is 34.4. The predicted molar refractivity (Wildman–Crippen MR) is 218 cm³/mol. The first-order valence-corrected chi connectivity index (χ1v) is 19.5. The van der Waals surface area contributed by atoms with Crippen LogP contribution in [0.4, 0.5) is 5.69 Å². The number of aromatic hydroxyl groups is 1. The fourth-order valence-corrected chi connectivity index (χ4v) is 7.70. The van der Waals surface area contributed by atoms with Crippen LogP contribution in [0.2, 0.25) is 0 Å². The Kier molecular flexibility index (Phi) is 11.7. The highest BCUT2D eigenvalue weighted by Gasteiger charge is 2.43. The van der Waals surface area contributed by atoms with Gasteiger partial charge in [0.25, 0.3) is 5.88 Å². The highest BCUT2D eigenvalue weighted by atomic mass is 32.1. The summed E-state index contributed by atoms with van der Waals surface area (Å²) in [6.45, 7) is 10.5. The van der Waals surface area contributed by atoms with Crippen LogP contribution in [0.3, 0.4) is 0 Å². The van der Waals surface area contributed by atoms with Gasteiger partial charge in [-0.1, -0.05) is 69.0 Å². The van der Waals surface area contributed by atoms with Crippen molar-refractivity contribution in [3.8, 4) is 44.5 Å². The van der Waals surface area contributed by atoms with Gasteiger partial charge in [-0.3, -0.25) is 9.59 Å². The lowest BCUT2D eigenvalue weighted by atomic mass is 9.91. The number of anilines is 1. The number of carbonyl (C=O) groups excluding carboxylic acids is 2. The number of aliphatic hydroxyl groups excluding tert-OH is 1. The van der Waals surface area contributed by atoms with Crippen LogP contribution in [0, 0.1) is 12.8 Å². The lowest BCUT2D eigenvalue weighted by Gasteiger charge is -2.28. The van der Waals surface area contributed by atoms with Gasteiger partial charge in [0.2, 0.25) is 11.8 Å². The van der Waals surface area contributed by atoms with Gasteiger partial charge in [0, 0.05) is 48.1 Å². The molecule has 0 saturated carbocycles. The number of aliphatic hydroxyl groups is 1. The fourth-order valence-electron chi connectivity index (χ4n) is 6.89. The Labute approximate surface area is 334 Å². The largest absolute Gasteiger partial charge is 0.507 e. The molecule has 1 fully saturated rings. The molecule has 0 aliphatic carbocycles. The molecule has 1 saturated heterocycles. The average Bonchev–Trinajstić information content (AvgIpc) is 3.97. The second-order valence-electron chi connectivity index (χ2n) is 14.2. The summed E-state index contributed by atoms with van der Waals surface area (Å²) in [5, 5.41) is 39.4. The molecule has 3 atom stereocenters. The average molecular weight is 786 g/mol. The molecule has 57 heavy (non-hydrogen) atoms. The number of benzene rings is 3. The van der Waals surface area contributed by atoms with Crippen molar-refractivity contribution in [2.75, 3.05) is 25.0 Å². The van der Waals surface area contributed by atoms with E-state index in [4.69, 9.17) is 9.26 Å². The number of carbonyl (C=O) groups is 2. The van der Waals surface area contributed by atoms with Gasteiger partial charge < -0.3 is 35.0 Å². The molecule has 1 aliphatic rings. The van der Waals surface area contributed by atoms with Crippen molar-refractivity contribution in [1.29, 1.82) is 0 Å². The number of hydrogen-bond acceptors (Lipinski definition) is 12. The van der Waals surface area contributed by atoms with Crippen LogP contribution in [0.15, 0.2) is 108 Å².